The summed E-state index contributed by atoms with van der Waals surface area (Å²) < 4.78 is 42.6. The Morgan fingerprint density at radius 2 is 2.00 bits per heavy atom. The van der Waals surface area contributed by atoms with Gasteiger partial charge in [-0.2, -0.15) is 18.3 Å². The third-order valence-electron chi connectivity index (χ3n) is 7.35. The van der Waals surface area contributed by atoms with Gasteiger partial charge in [0, 0.05) is 37.9 Å². The fraction of sp³-hybridized carbons (Fsp3) is 0.480. The summed E-state index contributed by atoms with van der Waals surface area (Å²) in [5.41, 5.74) is 6.93. The van der Waals surface area contributed by atoms with Crippen molar-refractivity contribution >= 4 is 33.1 Å². The molecule has 1 aliphatic heterocycles. The molecule has 0 spiro atoms. The molecule has 0 aliphatic carbocycles. The number of aromatic amines is 1. The second-order valence-electron chi connectivity index (χ2n) is 9.95. The Hall–Kier alpha value is -2.92. The molecule has 0 saturated carbocycles. The predicted molar refractivity (Wildman–Crippen MR) is 135 cm³/mol. The molecule has 1 aliphatic rings. The highest BCUT2D eigenvalue weighted by Gasteiger charge is 2.43. The first-order chi connectivity index (χ1) is 17.0. The van der Waals surface area contributed by atoms with Crippen molar-refractivity contribution in [3.63, 3.8) is 0 Å². The van der Waals surface area contributed by atoms with E-state index >= 15 is 0 Å². The molecule has 0 unspecified atom stereocenters. The van der Waals surface area contributed by atoms with E-state index in [0.717, 1.165) is 43.8 Å². The smallest absolute Gasteiger partial charge is 0.353 e. The van der Waals surface area contributed by atoms with E-state index in [4.69, 9.17) is 0 Å². The first-order valence-corrected chi connectivity index (χ1v) is 12.8. The Morgan fingerprint density at radius 3 is 2.69 bits per heavy atom. The lowest BCUT2D eigenvalue weighted by molar-refractivity contribution is -0.181. The van der Waals surface area contributed by atoms with E-state index in [-0.39, 0.29) is 24.8 Å². The largest absolute Gasteiger partial charge is 0.393 e. The first-order valence-electron chi connectivity index (χ1n) is 12.0. The molecule has 192 valence electrons. The molecule has 7 nitrogen and oxygen atoms in total. The molecular formula is C25H29F3N6OS. The quantitative estimate of drug-likeness (QED) is 0.385. The standard InChI is InChI=1S/C25H29F3N6OS/c1-12(2)20-21(17-10-34-23(30-11-31-34)14(4)13(17)3)32-18-7-19(36-22(18)20)24(35)33(5)16-6-15(8-29-9-16)25(26,27)28/h7,10-12,15-16,29,32H,6,8-9H2,1-5H3/t15-,16+/m1/s1. The number of hydrogen-bond acceptors (Lipinski definition) is 5. The molecule has 2 N–H and O–H groups in total. The van der Waals surface area contributed by atoms with E-state index in [0.29, 0.717) is 11.4 Å². The van der Waals surface area contributed by atoms with Crippen LogP contribution in [-0.4, -0.2) is 62.7 Å². The molecule has 5 heterocycles. The minimum atomic E-state index is -4.28. The van der Waals surface area contributed by atoms with Crippen LogP contribution in [0.1, 0.15) is 52.5 Å². The highest BCUT2D eigenvalue weighted by molar-refractivity contribution is 7.21. The van der Waals surface area contributed by atoms with Crippen LogP contribution in [0.4, 0.5) is 13.2 Å². The number of alkyl halides is 3. The number of thiophene rings is 1. The summed E-state index contributed by atoms with van der Waals surface area (Å²) in [4.78, 5) is 23.2. The van der Waals surface area contributed by atoms with Crippen LogP contribution < -0.4 is 5.32 Å². The third-order valence-corrected chi connectivity index (χ3v) is 8.50. The maximum atomic E-state index is 13.3. The number of hydrogen-bond donors (Lipinski definition) is 2. The van der Waals surface area contributed by atoms with E-state index in [1.807, 2.05) is 19.2 Å². The number of nitrogens with zero attached hydrogens (tertiary/aromatic N) is 4. The molecule has 1 fully saturated rings. The monoisotopic (exact) mass is 518 g/mol. The fourth-order valence-electron chi connectivity index (χ4n) is 5.13. The van der Waals surface area contributed by atoms with Crippen LogP contribution in [0, 0.1) is 19.8 Å². The second-order valence-corrected chi connectivity index (χ2v) is 11.0. The van der Waals surface area contributed by atoms with Gasteiger partial charge < -0.3 is 15.2 Å². The number of likely N-dealkylation sites (N-methyl/N-ethyl adjacent to an activating group) is 1. The number of fused-ring (bicyclic) bond motifs is 2. The minimum Gasteiger partial charge on any atom is -0.353 e. The number of piperidine rings is 1. The molecule has 0 bridgehead atoms. The van der Waals surface area contributed by atoms with Gasteiger partial charge in [-0.15, -0.1) is 11.3 Å². The summed E-state index contributed by atoms with van der Waals surface area (Å²) in [6.45, 7) is 8.56. The van der Waals surface area contributed by atoms with E-state index in [9.17, 15) is 18.0 Å². The van der Waals surface area contributed by atoms with E-state index in [1.54, 1.807) is 11.6 Å². The molecular weight excluding hydrogens is 489 g/mol. The number of carbonyl (C=O) groups is 1. The highest BCUT2D eigenvalue weighted by atomic mass is 32.1. The van der Waals surface area contributed by atoms with Crippen molar-refractivity contribution < 1.29 is 18.0 Å². The van der Waals surface area contributed by atoms with Crippen molar-refractivity contribution in [3.8, 4) is 11.3 Å². The lowest BCUT2D eigenvalue weighted by atomic mass is 9.94. The Balaban J connectivity index is 1.50. The summed E-state index contributed by atoms with van der Waals surface area (Å²) in [6.07, 6.45) is -0.857. The third kappa shape index (κ3) is 4.07. The zero-order valence-corrected chi connectivity index (χ0v) is 21.6. The van der Waals surface area contributed by atoms with Crippen LogP contribution in [0.25, 0.3) is 27.1 Å². The predicted octanol–water partition coefficient (Wildman–Crippen LogP) is 5.29. The normalized spacial score (nSPS) is 19.0. The maximum absolute atomic E-state index is 13.3. The summed E-state index contributed by atoms with van der Waals surface area (Å²) >= 11 is 1.39. The number of amides is 1. The lowest BCUT2D eigenvalue weighted by Crippen LogP contribution is -2.52. The molecule has 1 amide bonds. The van der Waals surface area contributed by atoms with E-state index < -0.39 is 18.1 Å². The van der Waals surface area contributed by atoms with Gasteiger partial charge in [-0.05, 0) is 48.9 Å². The number of aromatic nitrogens is 4. The van der Waals surface area contributed by atoms with E-state index in [1.165, 1.54) is 22.6 Å². The van der Waals surface area contributed by atoms with Crippen molar-refractivity contribution in [3.05, 3.63) is 40.2 Å². The topological polar surface area (TPSA) is 78.3 Å². The average molecular weight is 519 g/mol. The van der Waals surface area contributed by atoms with Gasteiger partial charge in [0.1, 0.15) is 6.33 Å². The van der Waals surface area contributed by atoms with Gasteiger partial charge in [-0.1, -0.05) is 13.8 Å². The van der Waals surface area contributed by atoms with Crippen LogP contribution in [0.15, 0.2) is 18.6 Å². The van der Waals surface area contributed by atoms with Crippen molar-refractivity contribution in [2.24, 2.45) is 5.92 Å². The van der Waals surface area contributed by atoms with Crippen molar-refractivity contribution in [1.29, 1.82) is 0 Å². The lowest BCUT2D eigenvalue weighted by Gasteiger charge is -2.36. The van der Waals surface area contributed by atoms with Crippen LogP contribution in [-0.2, 0) is 0 Å². The Morgan fingerprint density at radius 1 is 1.25 bits per heavy atom. The average Bonchev–Trinajstić information content (AvgIpc) is 3.54. The number of halogens is 3. The molecule has 0 aromatic carbocycles. The number of H-pyrrole nitrogens is 1. The molecule has 0 radical (unpaired) electrons. The van der Waals surface area contributed by atoms with Crippen LogP contribution in [0.5, 0.6) is 0 Å². The number of nitrogens with one attached hydrogen (secondary N) is 2. The molecule has 11 heteroatoms. The van der Waals surface area contributed by atoms with Gasteiger partial charge in [0.05, 0.1) is 26.7 Å². The number of carbonyl (C=O) groups excluding carboxylic acids is 1. The van der Waals surface area contributed by atoms with Crippen LogP contribution >= 0.6 is 11.3 Å². The van der Waals surface area contributed by atoms with Gasteiger partial charge in [-0.3, -0.25) is 4.79 Å². The van der Waals surface area contributed by atoms with Crippen molar-refractivity contribution in [2.45, 2.75) is 52.3 Å². The Labute approximate surface area is 210 Å². The van der Waals surface area contributed by atoms with Crippen LogP contribution in [0.2, 0.25) is 0 Å². The number of aryl methyl sites for hydroxylation is 1. The minimum absolute atomic E-state index is 0.0905. The summed E-state index contributed by atoms with van der Waals surface area (Å²) in [5, 5.41) is 7.16. The summed E-state index contributed by atoms with van der Waals surface area (Å²) in [7, 11) is 1.59. The summed E-state index contributed by atoms with van der Waals surface area (Å²) in [6, 6.07) is 1.31. The maximum Gasteiger partial charge on any atom is 0.393 e. The Bertz CT molecular complexity index is 1450. The molecule has 4 aromatic heterocycles. The molecule has 2 atom stereocenters. The molecule has 1 saturated heterocycles. The number of pyridine rings is 1. The van der Waals surface area contributed by atoms with Crippen LogP contribution in [0.3, 0.4) is 0 Å². The highest BCUT2D eigenvalue weighted by Crippen LogP contribution is 2.42. The zero-order valence-electron chi connectivity index (χ0n) is 20.8. The second kappa shape index (κ2) is 8.88. The summed E-state index contributed by atoms with van der Waals surface area (Å²) in [5.74, 6) is -1.53. The fourth-order valence-corrected chi connectivity index (χ4v) is 6.42. The zero-order chi connectivity index (χ0) is 25.9. The van der Waals surface area contributed by atoms with Gasteiger partial charge in [0.25, 0.3) is 5.91 Å². The van der Waals surface area contributed by atoms with Gasteiger partial charge in [0.15, 0.2) is 5.65 Å². The van der Waals surface area contributed by atoms with E-state index in [2.05, 4.69) is 41.2 Å². The Kier molecular flexibility index (Phi) is 6.11. The SMILES string of the molecule is Cc1c(-c2[nH]c3cc(C(=O)N(C)[C@@H]4CNC[C@H](C(F)(F)F)C4)sc3c2C(C)C)cn2ncnc2c1C. The van der Waals surface area contributed by atoms with Gasteiger partial charge >= 0.3 is 6.18 Å². The van der Waals surface area contributed by atoms with Crippen molar-refractivity contribution in [1.82, 2.24) is 29.8 Å². The molecule has 4 aromatic rings. The van der Waals surface area contributed by atoms with Crippen molar-refractivity contribution in [2.75, 3.05) is 20.1 Å². The first kappa shape index (κ1) is 24.8. The van der Waals surface area contributed by atoms with Gasteiger partial charge in [0.2, 0.25) is 0 Å². The van der Waals surface area contributed by atoms with Gasteiger partial charge in [-0.25, -0.2) is 9.50 Å². The molecule has 36 heavy (non-hydrogen) atoms. The number of rotatable bonds is 4. The molecule has 5 rings (SSSR count).